The molecule has 0 unspecified atom stereocenters. The van der Waals surface area contributed by atoms with Gasteiger partial charge in [0.1, 0.15) is 0 Å². The fourth-order valence-electron chi connectivity index (χ4n) is 1.41. The van der Waals surface area contributed by atoms with Crippen LogP contribution in [0, 0.1) is 6.92 Å². The van der Waals surface area contributed by atoms with Gasteiger partial charge in [0.05, 0.1) is 12.5 Å². The Bertz CT molecular complexity index is 331. The molecule has 0 atom stereocenters. The zero-order valence-corrected chi connectivity index (χ0v) is 8.99. The molecule has 3 nitrogen and oxygen atoms in total. The van der Waals surface area contributed by atoms with Gasteiger partial charge in [-0.05, 0) is 19.1 Å². The summed E-state index contributed by atoms with van der Waals surface area (Å²) in [6.07, 6.45) is 0.523. The van der Waals surface area contributed by atoms with Crippen LogP contribution < -0.4 is 10.6 Å². The molecule has 1 aromatic heterocycles. The van der Waals surface area contributed by atoms with Gasteiger partial charge in [0.25, 0.3) is 0 Å². The molecule has 1 amide bonds. The third-order valence-corrected chi connectivity index (χ3v) is 3.28. The maximum absolute atomic E-state index is 11.5. The highest BCUT2D eigenvalue weighted by atomic mass is 32.1. The highest BCUT2D eigenvalue weighted by Crippen LogP contribution is 2.15. The Morgan fingerprint density at radius 1 is 1.64 bits per heavy atom. The van der Waals surface area contributed by atoms with E-state index in [1.165, 1.54) is 4.88 Å². The van der Waals surface area contributed by atoms with Gasteiger partial charge in [-0.15, -0.1) is 11.3 Å². The molecule has 2 N–H and O–H groups in total. The van der Waals surface area contributed by atoms with Crippen LogP contribution in [-0.4, -0.2) is 25.0 Å². The number of rotatable bonds is 3. The second-order valence-electron chi connectivity index (χ2n) is 3.61. The summed E-state index contributed by atoms with van der Waals surface area (Å²) in [4.78, 5) is 13.9. The van der Waals surface area contributed by atoms with E-state index in [-0.39, 0.29) is 5.91 Å². The predicted octanol–water partition coefficient (Wildman–Crippen LogP) is 0.687. The van der Waals surface area contributed by atoms with Gasteiger partial charge < -0.3 is 10.6 Å². The SMILES string of the molecule is Cc1ccc(CC(=O)NC2CNC2)s1. The number of aryl methyl sites for hydroxylation is 1. The Kier molecular flexibility index (Phi) is 2.84. The zero-order chi connectivity index (χ0) is 9.97. The first-order chi connectivity index (χ1) is 6.74. The van der Waals surface area contributed by atoms with Gasteiger partial charge in [-0.25, -0.2) is 0 Å². The van der Waals surface area contributed by atoms with E-state index in [9.17, 15) is 4.79 Å². The molecule has 0 spiro atoms. The summed E-state index contributed by atoms with van der Waals surface area (Å²) in [6, 6.07) is 4.43. The van der Waals surface area contributed by atoms with Gasteiger partial charge in [0, 0.05) is 22.8 Å². The molecule has 2 rings (SSSR count). The summed E-state index contributed by atoms with van der Waals surface area (Å²) in [5.41, 5.74) is 0. The predicted molar refractivity (Wildman–Crippen MR) is 57.6 cm³/mol. The minimum absolute atomic E-state index is 0.137. The second-order valence-corrected chi connectivity index (χ2v) is 4.98. The second kappa shape index (κ2) is 4.11. The number of carbonyl (C=O) groups is 1. The van der Waals surface area contributed by atoms with Crippen molar-refractivity contribution in [2.24, 2.45) is 0 Å². The molecule has 1 fully saturated rings. The van der Waals surface area contributed by atoms with Gasteiger partial charge in [0.2, 0.25) is 5.91 Å². The van der Waals surface area contributed by atoms with E-state index < -0.39 is 0 Å². The fraction of sp³-hybridized carbons (Fsp3) is 0.500. The molecule has 0 radical (unpaired) electrons. The van der Waals surface area contributed by atoms with Crippen LogP contribution >= 0.6 is 11.3 Å². The molecule has 14 heavy (non-hydrogen) atoms. The van der Waals surface area contributed by atoms with Crippen LogP contribution in [0.15, 0.2) is 12.1 Å². The van der Waals surface area contributed by atoms with Crippen molar-refractivity contribution in [1.82, 2.24) is 10.6 Å². The van der Waals surface area contributed by atoms with Crippen LogP contribution in [0.5, 0.6) is 0 Å². The maximum atomic E-state index is 11.5. The number of hydrogen-bond acceptors (Lipinski definition) is 3. The van der Waals surface area contributed by atoms with Gasteiger partial charge in [-0.2, -0.15) is 0 Å². The summed E-state index contributed by atoms with van der Waals surface area (Å²) in [5, 5.41) is 6.10. The number of hydrogen-bond donors (Lipinski definition) is 2. The zero-order valence-electron chi connectivity index (χ0n) is 8.17. The summed E-state index contributed by atoms with van der Waals surface area (Å²) in [5.74, 6) is 0.137. The Balaban J connectivity index is 1.81. The monoisotopic (exact) mass is 210 g/mol. The van der Waals surface area contributed by atoms with Crippen LogP contribution in [0.25, 0.3) is 0 Å². The van der Waals surface area contributed by atoms with Crippen molar-refractivity contribution in [2.45, 2.75) is 19.4 Å². The van der Waals surface area contributed by atoms with E-state index in [2.05, 4.69) is 23.6 Å². The third kappa shape index (κ3) is 2.33. The van der Waals surface area contributed by atoms with E-state index in [0.717, 1.165) is 18.0 Å². The van der Waals surface area contributed by atoms with Crippen molar-refractivity contribution in [1.29, 1.82) is 0 Å². The highest BCUT2D eigenvalue weighted by Gasteiger charge is 2.18. The van der Waals surface area contributed by atoms with Crippen LogP contribution in [0.4, 0.5) is 0 Å². The molecule has 1 aliphatic heterocycles. The molecule has 0 aliphatic carbocycles. The van der Waals surface area contributed by atoms with E-state index >= 15 is 0 Å². The minimum Gasteiger partial charge on any atom is -0.350 e. The molecule has 1 saturated heterocycles. The van der Waals surface area contributed by atoms with Crippen molar-refractivity contribution >= 4 is 17.2 Å². The first-order valence-electron chi connectivity index (χ1n) is 4.79. The quantitative estimate of drug-likeness (QED) is 0.770. The van der Waals surface area contributed by atoms with Crippen LogP contribution in [0.1, 0.15) is 9.75 Å². The van der Waals surface area contributed by atoms with Crippen molar-refractivity contribution in [3.63, 3.8) is 0 Å². The molecule has 76 valence electrons. The van der Waals surface area contributed by atoms with Crippen molar-refractivity contribution in [3.05, 3.63) is 21.9 Å². The van der Waals surface area contributed by atoms with Crippen molar-refractivity contribution in [2.75, 3.05) is 13.1 Å². The molecule has 4 heteroatoms. The first-order valence-corrected chi connectivity index (χ1v) is 5.61. The van der Waals surface area contributed by atoms with Gasteiger partial charge in [-0.1, -0.05) is 0 Å². The number of thiophene rings is 1. The molecule has 1 aliphatic rings. The Hall–Kier alpha value is -0.870. The first kappa shape index (κ1) is 9.68. The largest absolute Gasteiger partial charge is 0.350 e. The summed E-state index contributed by atoms with van der Waals surface area (Å²) in [7, 11) is 0. The normalized spacial score (nSPS) is 16.4. The van der Waals surface area contributed by atoms with Gasteiger partial charge >= 0.3 is 0 Å². The molecule has 2 heterocycles. The van der Waals surface area contributed by atoms with Gasteiger partial charge in [-0.3, -0.25) is 4.79 Å². The minimum atomic E-state index is 0.137. The smallest absolute Gasteiger partial charge is 0.225 e. The third-order valence-electron chi connectivity index (χ3n) is 2.28. The summed E-state index contributed by atoms with van der Waals surface area (Å²) in [6.45, 7) is 3.88. The summed E-state index contributed by atoms with van der Waals surface area (Å²) < 4.78 is 0. The number of amides is 1. The standard InChI is InChI=1S/C10H14N2OS/c1-7-2-3-9(14-7)4-10(13)12-8-5-11-6-8/h2-3,8,11H,4-6H2,1H3,(H,12,13). The lowest BCUT2D eigenvalue weighted by Gasteiger charge is -2.27. The van der Waals surface area contributed by atoms with E-state index in [1.54, 1.807) is 11.3 Å². The van der Waals surface area contributed by atoms with Crippen LogP contribution in [0.2, 0.25) is 0 Å². The van der Waals surface area contributed by atoms with E-state index in [4.69, 9.17) is 0 Å². The average Bonchev–Trinajstić information content (AvgIpc) is 2.44. The maximum Gasteiger partial charge on any atom is 0.225 e. The summed E-state index contributed by atoms with van der Waals surface area (Å²) >= 11 is 1.69. The molecule has 0 saturated carbocycles. The van der Waals surface area contributed by atoms with Crippen molar-refractivity contribution in [3.8, 4) is 0 Å². The van der Waals surface area contributed by atoms with Crippen LogP contribution in [-0.2, 0) is 11.2 Å². The van der Waals surface area contributed by atoms with E-state index in [0.29, 0.717) is 12.5 Å². The lowest BCUT2D eigenvalue weighted by Crippen LogP contribution is -2.57. The molecule has 0 aromatic carbocycles. The topological polar surface area (TPSA) is 41.1 Å². The molecular formula is C10H14N2OS. The Labute approximate surface area is 87.5 Å². The van der Waals surface area contributed by atoms with E-state index in [1.807, 2.05) is 6.07 Å². The van der Waals surface area contributed by atoms with Crippen LogP contribution in [0.3, 0.4) is 0 Å². The number of carbonyl (C=O) groups excluding carboxylic acids is 1. The Morgan fingerprint density at radius 3 is 2.93 bits per heavy atom. The van der Waals surface area contributed by atoms with Crippen molar-refractivity contribution < 1.29 is 4.79 Å². The molecular weight excluding hydrogens is 196 g/mol. The lowest BCUT2D eigenvalue weighted by atomic mass is 10.2. The Morgan fingerprint density at radius 2 is 2.43 bits per heavy atom. The highest BCUT2D eigenvalue weighted by molar-refractivity contribution is 7.12. The molecule has 1 aromatic rings. The lowest BCUT2D eigenvalue weighted by molar-refractivity contribution is -0.121. The molecule has 0 bridgehead atoms. The van der Waals surface area contributed by atoms with Gasteiger partial charge in [0.15, 0.2) is 0 Å². The fourth-order valence-corrected chi connectivity index (χ4v) is 2.30. The number of nitrogens with one attached hydrogen (secondary N) is 2. The average molecular weight is 210 g/mol.